The third kappa shape index (κ3) is 3.87. The predicted molar refractivity (Wildman–Crippen MR) is 100 cm³/mol. The van der Waals surface area contributed by atoms with Crippen molar-refractivity contribution in [2.24, 2.45) is 0 Å². The van der Waals surface area contributed by atoms with Gasteiger partial charge in [-0.05, 0) is 48.4 Å². The van der Waals surface area contributed by atoms with Gasteiger partial charge in [0, 0.05) is 22.8 Å². The lowest BCUT2D eigenvalue weighted by Crippen LogP contribution is -2.11. The molecular formula is C21H20N2O. The maximum absolute atomic E-state index is 12.4. The fourth-order valence-corrected chi connectivity index (χ4v) is 2.49. The number of fused-ring (bicyclic) bond motifs is 1. The number of anilines is 1. The predicted octanol–water partition coefficient (Wildman–Crippen LogP) is 5.30. The van der Waals surface area contributed by atoms with Crippen LogP contribution in [0.2, 0.25) is 0 Å². The molecule has 0 unspecified atom stereocenters. The Morgan fingerprint density at radius 3 is 2.75 bits per heavy atom. The number of amides is 1. The molecule has 2 aromatic carbocycles. The topological polar surface area (TPSA) is 42.0 Å². The van der Waals surface area contributed by atoms with E-state index in [0.717, 1.165) is 35.0 Å². The van der Waals surface area contributed by atoms with Crippen molar-refractivity contribution in [3.8, 4) is 0 Å². The summed E-state index contributed by atoms with van der Waals surface area (Å²) in [5.74, 6) is -0.109. The van der Waals surface area contributed by atoms with Crippen molar-refractivity contribution in [3.05, 3.63) is 78.0 Å². The Morgan fingerprint density at radius 1 is 1.12 bits per heavy atom. The summed E-state index contributed by atoms with van der Waals surface area (Å²) in [6, 6.07) is 17.2. The number of allylic oxidation sites excluding steroid dienone is 1. The minimum Gasteiger partial charge on any atom is -0.322 e. The summed E-state index contributed by atoms with van der Waals surface area (Å²) < 4.78 is 0. The zero-order valence-electron chi connectivity index (χ0n) is 13.7. The van der Waals surface area contributed by atoms with Crippen LogP contribution in [0.1, 0.15) is 35.7 Å². The standard InChI is InChI=1S/C21H20N2O/c1-2-3-4-6-16-8-10-17(11-9-16)21(24)23-19-12-13-20-18(15-19)7-5-14-22-20/h4-15H,2-3H2,1H3,(H,23,24). The van der Waals surface area contributed by atoms with Crippen LogP contribution in [-0.2, 0) is 0 Å². The molecule has 1 N–H and O–H groups in total. The summed E-state index contributed by atoms with van der Waals surface area (Å²) in [6.45, 7) is 2.15. The molecule has 1 aromatic heterocycles. The zero-order valence-corrected chi connectivity index (χ0v) is 13.7. The Morgan fingerprint density at radius 2 is 1.96 bits per heavy atom. The number of hydrogen-bond donors (Lipinski definition) is 1. The Kier molecular flexibility index (Phi) is 5.02. The van der Waals surface area contributed by atoms with Crippen LogP contribution in [0.3, 0.4) is 0 Å². The number of hydrogen-bond acceptors (Lipinski definition) is 2. The molecule has 24 heavy (non-hydrogen) atoms. The molecule has 3 heteroatoms. The molecule has 120 valence electrons. The van der Waals surface area contributed by atoms with Crippen LogP contribution < -0.4 is 5.32 Å². The molecule has 0 radical (unpaired) electrons. The Hall–Kier alpha value is -2.94. The molecule has 0 saturated carbocycles. The number of rotatable bonds is 5. The van der Waals surface area contributed by atoms with Crippen LogP contribution in [0.25, 0.3) is 17.0 Å². The van der Waals surface area contributed by atoms with Crippen LogP contribution in [0, 0.1) is 0 Å². The lowest BCUT2D eigenvalue weighted by Gasteiger charge is -2.07. The maximum Gasteiger partial charge on any atom is 0.255 e. The van der Waals surface area contributed by atoms with Crippen molar-refractivity contribution in [1.29, 1.82) is 0 Å². The van der Waals surface area contributed by atoms with E-state index in [0.29, 0.717) is 5.56 Å². The van der Waals surface area contributed by atoms with Gasteiger partial charge in [0.25, 0.3) is 5.91 Å². The van der Waals surface area contributed by atoms with Gasteiger partial charge < -0.3 is 5.32 Å². The first-order chi connectivity index (χ1) is 11.8. The van der Waals surface area contributed by atoms with Gasteiger partial charge in [-0.25, -0.2) is 0 Å². The average Bonchev–Trinajstić information content (AvgIpc) is 2.62. The Labute approximate surface area is 142 Å². The van der Waals surface area contributed by atoms with Gasteiger partial charge in [-0.15, -0.1) is 0 Å². The van der Waals surface area contributed by atoms with Crippen molar-refractivity contribution in [2.75, 3.05) is 5.32 Å². The molecule has 0 saturated heterocycles. The molecule has 0 aliphatic carbocycles. The second-order valence-electron chi connectivity index (χ2n) is 5.68. The van der Waals surface area contributed by atoms with Gasteiger partial charge in [0.15, 0.2) is 0 Å². The van der Waals surface area contributed by atoms with E-state index in [1.807, 2.05) is 54.6 Å². The Bertz CT molecular complexity index is 866. The number of carbonyl (C=O) groups is 1. The van der Waals surface area contributed by atoms with Crippen LogP contribution in [0.5, 0.6) is 0 Å². The quantitative estimate of drug-likeness (QED) is 0.694. The molecule has 0 fully saturated rings. The van der Waals surface area contributed by atoms with Crippen molar-refractivity contribution >= 4 is 28.6 Å². The van der Waals surface area contributed by atoms with Crippen LogP contribution in [0.15, 0.2) is 66.9 Å². The zero-order chi connectivity index (χ0) is 16.8. The van der Waals surface area contributed by atoms with Crippen molar-refractivity contribution in [1.82, 2.24) is 4.98 Å². The van der Waals surface area contributed by atoms with Crippen molar-refractivity contribution in [3.63, 3.8) is 0 Å². The summed E-state index contributed by atoms with van der Waals surface area (Å²) in [7, 11) is 0. The van der Waals surface area contributed by atoms with Gasteiger partial charge in [0.05, 0.1) is 5.52 Å². The van der Waals surface area contributed by atoms with Gasteiger partial charge >= 0.3 is 0 Å². The van der Waals surface area contributed by atoms with Crippen LogP contribution >= 0.6 is 0 Å². The maximum atomic E-state index is 12.4. The Balaban J connectivity index is 1.71. The van der Waals surface area contributed by atoms with Gasteiger partial charge in [-0.2, -0.15) is 0 Å². The number of unbranched alkanes of at least 4 members (excludes halogenated alkanes) is 1. The molecule has 3 rings (SSSR count). The second kappa shape index (κ2) is 7.55. The van der Waals surface area contributed by atoms with Gasteiger partial charge in [-0.3, -0.25) is 9.78 Å². The normalized spacial score (nSPS) is 11.0. The largest absolute Gasteiger partial charge is 0.322 e. The summed E-state index contributed by atoms with van der Waals surface area (Å²) in [5.41, 5.74) is 3.44. The highest BCUT2D eigenvalue weighted by atomic mass is 16.1. The number of pyridine rings is 1. The molecule has 0 aliphatic rings. The third-order valence-electron chi connectivity index (χ3n) is 3.80. The highest BCUT2D eigenvalue weighted by Gasteiger charge is 2.06. The lowest BCUT2D eigenvalue weighted by molar-refractivity contribution is 0.102. The first kappa shape index (κ1) is 15.9. The SMILES string of the molecule is CCCC=Cc1ccc(C(=O)Nc2ccc3ncccc3c2)cc1. The number of aromatic nitrogens is 1. The summed E-state index contributed by atoms with van der Waals surface area (Å²) >= 11 is 0. The van der Waals surface area contributed by atoms with E-state index in [-0.39, 0.29) is 5.91 Å². The summed E-state index contributed by atoms with van der Waals surface area (Å²) in [5, 5.41) is 3.94. The van der Waals surface area contributed by atoms with E-state index < -0.39 is 0 Å². The average molecular weight is 316 g/mol. The van der Waals surface area contributed by atoms with E-state index in [1.54, 1.807) is 6.20 Å². The lowest BCUT2D eigenvalue weighted by atomic mass is 10.1. The number of nitrogens with zero attached hydrogens (tertiary/aromatic N) is 1. The highest BCUT2D eigenvalue weighted by Crippen LogP contribution is 2.18. The fraction of sp³-hybridized carbons (Fsp3) is 0.143. The van der Waals surface area contributed by atoms with Crippen LogP contribution in [0.4, 0.5) is 5.69 Å². The van der Waals surface area contributed by atoms with Crippen LogP contribution in [-0.4, -0.2) is 10.9 Å². The first-order valence-corrected chi connectivity index (χ1v) is 8.19. The number of carbonyl (C=O) groups excluding carboxylic acids is 1. The van der Waals surface area contributed by atoms with Gasteiger partial charge in [0.1, 0.15) is 0 Å². The molecule has 0 bridgehead atoms. The highest BCUT2D eigenvalue weighted by molar-refractivity contribution is 6.05. The molecular weight excluding hydrogens is 296 g/mol. The number of nitrogens with one attached hydrogen (secondary N) is 1. The molecule has 0 atom stereocenters. The van der Waals surface area contributed by atoms with Gasteiger partial charge in [-0.1, -0.05) is 43.7 Å². The minimum absolute atomic E-state index is 0.109. The fourth-order valence-electron chi connectivity index (χ4n) is 2.49. The van der Waals surface area contributed by atoms with E-state index in [2.05, 4.69) is 29.4 Å². The molecule has 0 aliphatic heterocycles. The third-order valence-corrected chi connectivity index (χ3v) is 3.80. The van der Waals surface area contributed by atoms with Crippen molar-refractivity contribution in [2.45, 2.75) is 19.8 Å². The first-order valence-electron chi connectivity index (χ1n) is 8.19. The summed E-state index contributed by atoms with van der Waals surface area (Å²) in [6.07, 6.45) is 8.20. The van der Waals surface area contributed by atoms with E-state index in [4.69, 9.17) is 0 Å². The van der Waals surface area contributed by atoms with E-state index in [1.165, 1.54) is 0 Å². The smallest absolute Gasteiger partial charge is 0.255 e. The molecule has 3 nitrogen and oxygen atoms in total. The monoisotopic (exact) mass is 316 g/mol. The molecule has 1 amide bonds. The van der Waals surface area contributed by atoms with Gasteiger partial charge in [0.2, 0.25) is 0 Å². The summed E-state index contributed by atoms with van der Waals surface area (Å²) in [4.78, 5) is 16.7. The second-order valence-corrected chi connectivity index (χ2v) is 5.68. The van der Waals surface area contributed by atoms with E-state index in [9.17, 15) is 4.79 Å². The molecule has 1 heterocycles. The number of benzene rings is 2. The van der Waals surface area contributed by atoms with Crippen molar-refractivity contribution < 1.29 is 4.79 Å². The molecule has 3 aromatic rings. The van der Waals surface area contributed by atoms with E-state index >= 15 is 0 Å². The minimum atomic E-state index is -0.109. The molecule has 0 spiro atoms.